The van der Waals surface area contributed by atoms with Gasteiger partial charge >= 0.3 is 0 Å². The maximum Gasteiger partial charge on any atom is 0.251 e. The SMILES string of the molecule is CC(C)(C)C1CCCCC1(F)F. The van der Waals surface area contributed by atoms with Gasteiger partial charge in [-0.1, -0.05) is 27.2 Å². The first-order chi connectivity index (χ1) is 5.34. The van der Waals surface area contributed by atoms with Crippen LogP contribution in [-0.2, 0) is 0 Å². The highest BCUT2D eigenvalue weighted by atomic mass is 19.3. The lowest BCUT2D eigenvalue weighted by Gasteiger charge is -2.40. The summed E-state index contributed by atoms with van der Waals surface area (Å²) in [6, 6.07) is 0. The van der Waals surface area contributed by atoms with Crippen molar-refractivity contribution in [2.75, 3.05) is 0 Å². The van der Waals surface area contributed by atoms with Gasteiger partial charge in [0.25, 0.3) is 5.92 Å². The van der Waals surface area contributed by atoms with E-state index in [4.69, 9.17) is 0 Å². The summed E-state index contributed by atoms with van der Waals surface area (Å²) in [4.78, 5) is 0. The average Bonchev–Trinajstić information content (AvgIpc) is 1.83. The third kappa shape index (κ3) is 1.96. The minimum atomic E-state index is -2.42. The Kier molecular flexibility index (Phi) is 2.46. The number of alkyl halides is 2. The summed E-state index contributed by atoms with van der Waals surface area (Å²) < 4.78 is 26.7. The van der Waals surface area contributed by atoms with Crippen molar-refractivity contribution in [1.29, 1.82) is 0 Å². The molecular formula is C10H18F2. The summed E-state index contributed by atoms with van der Waals surface area (Å²) in [6.45, 7) is 5.74. The minimum Gasteiger partial charge on any atom is -0.207 e. The quantitative estimate of drug-likeness (QED) is 0.525. The van der Waals surface area contributed by atoms with Crippen LogP contribution < -0.4 is 0 Å². The van der Waals surface area contributed by atoms with Crippen LogP contribution in [0.4, 0.5) is 8.78 Å². The molecule has 1 unspecified atom stereocenters. The molecule has 0 N–H and O–H groups in total. The molecule has 0 aromatic carbocycles. The van der Waals surface area contributed by atoms with Gasteiger partial charge in [0.05, 0.1) is 0 Å². The fraction of sp³-hybridized carbons (Fsp3) is 1.00. The van der Waals surface area contributed by atoms with Crippen LogP contribution in [-0.4, -0.2) is 5.92 Å². The third-order valence-electron chi connectivity index (χ3n) is 2.81. The second-order valence-electron chi connectivity index (χ2n) is 4.93. The van der Waals surface area contributed by atoms with Crippen molar-refractivity contribution in [2.24, 2.45) is 11.3 Å². The van der Waals surface area contributed by atoms with E-state index in [0.717, 1.165) is 6.42 Å². The van der Waals surface area contributed by atoms with Gasteiger partial charge in [-0.05, 0) is 18.3 Å². The van der Waals surface area contributed by atoms with E-state index in [1.165, 1.54) is 0 Å². The van der Waals surface area contributed by atoms with E-state index in [-0.39, 0.29) is 11.8 Å². The number of halogens is 2. The molecule has 0 bridgehead atoms. The molecule has 0 spiro atoms. The Labute approximate surface area is 73.3 Å². The van der Waals surface area contributed by atoms with E-state index in [9.17, 15) is 8.78 Å². The van der Waals surface area contributed by atoms with Crippen molar-refractivity contribution in [3.05, 3.63) is 0 Å². The van der Waals surface area contributed by atoms with Crippen molar-refractivity contribution in [1.82, 2.24) is 0 Å². The van der Waals surface area contributed by atoms with Gasteiger partial charge in [0, 0.05) is 12.3 Å². The second-order valence-corrected chi connectivity index (χ2v) is 4.93. The molecule has 1 aliphatic carbocycles. The molecule has 0 aliphatic heterocycles. The van der Waals surface area contributed by atoms with Crippen LogP contribution in [0.3, 0.4) is 0 Å². The summed E-state index contributed by atoms with van der Waals surface area (Å²) in [7, 11) is 0. The first kappa shape index (κ1) is 9.94. The Bertz CT molecular complexity index is 156. The smallest absolute Gasteiger partial charge is 0.207 e. The molecule has 12 heavy (non-hydrogen) atoms. The monoisotopic (exact) mass is 176 g/mol. The Balaban J connectivity index is 2.73. The molecule has 0 aromatic heterocycles. The van der Waals surface area contributed by atoms with Crippen molar-refractivity contribution in [3.63, 3.8) is 0 Å². The van der Waals surface area contributed by atoms with Crippen LogP contribution in [0.5, 0.6) is 0 Å². The average molecular weight is 176 g/mol. The van der Waals surface area contributed by atoms with Crippen molar-refractivity contribution in [2.45, 2.75) is 52.4 Å². The van der Waals surface area contributed by atoms with E-state index in [0.29, 0.717) is 12.8 Å². The molecule has 1 atom stereocenters. The van der Waals surface area contributed by atoms with Gasteiger partial charge in [-0.25, -0.2) is 8.78 Å². The van der Waals surface area contributed by atoms with Crippen LogP contribution in [0.25, 0.3) is 0 Å². The largest absolute Gasteiger partial charge is 0.251 e. The van der Waals surface area contributed by atoms with E-state index in [1.54, 1.807) is 0 Å². The molecule has 0 aromatic rings. The Hall–Kier alpha value is -0.140. The van der Waals surface area contributed by atoms with E-state index in [1.807, 2.05) is 20.8 Å². The van der Waals surface area contributed by atoms with Crippen LogP contribution in [0, 0.1) is 11.3 Å². The summed E-state index contributed by atoms with van der Waals surface area (Å²) in [5.74, 6) is -2.84. The van der Waals surface area contributed by atoms with Gasteiger partial charge in [-0.3, -0.25) is 0 Å². The lowest BCUT2D eigenvalue weighted by molar-refractivity contribution is -0.123. The fourth-order valence-corrected chi connectivity index (χ4v) is 2.16. The number of hydrogen-bond donors (Lipinski definition) is 0. The van der Waals surface area contributed by atoms with Crippen LogP contribution in [0.2, 0.25) is 0 Å². The first-order valence-corrected chi connectivity index (χ1v) is 4.72. The lowest BCUT2D eigenvalue weighted by Crippen LogP contribution is -2.40. The zero-order valence-corrected chi connectivity index (χ0v) is 8.16. The van der Waals surface area contributed by atoms with Gasteiger partial charge in [-0.15, -0.1) is 0 Å². The van der Waals surface area contributed by atoms with Gasteiger partial charge in [0.1, 0.15) is 0 Å². The number of hydrogen-bond acceptors (Lipinski definition) is 0. The molecule has 0 saturated heterocycles. The highest BCUT2D eigenvalue weighted by Crippen LogP contribution is 2.47. The minimum absolute atomic E-state index is 0.0922. The van der Waals surface area contributed by atoms with Crippen LogP contribution in [0.1, 0.15) is 46.5 Å². The summed E-state index contributed by atoms with van der Waals surface area (Å²) in [5, 5.41) is 0. The summed E-state index contributed by atoms with van der Waals surface area (Å²) in [5.41, 5.74) is -0.246. The van der Waals surface area contributed by atoms with Crippen LogP contribution in [0.15, 0.2) is 0 Å². The summed E-state index contributed by atoms with van der Waals surface area (Å²) >= 11 is 0. The molecule has 2 heteroatoms. The van der Waals surface area contributed by atoms with Crippen molar-refractivity contribution < 1.29 is 8.78 Å². The topological polar surface area (TPSA) is 0 Å². The lowest BCUT2D eigenvalue weighted by atomic mass is 9.70. The molecule has 0 radical (unpaired) electrons. The second kappa shape index (κ2) is 2.97. The maximum absolute atomic E-state index is 13.4. The Morgan fingerprint density at radius 3 is 2.08 bits per heavy atom. The van der Waals surface area contributed by atoms with E-state index < -0.39 is 11.8 Å². The highest BCUT2D eigenvalue weighted by molar-refractivity contribution is 4.88. The van der Waals surface area contributed by atoms with Crippen molar-refractivity contribution in [3.8, 4) is 0 Å². The van der Waals surface area contributed by atoms with Crippen molar-refractivity contribution >= 4 is 0 Å². The van der Waals surface area contributed by atoms with E-state index in [2.05, 4.69) is 0 Å². The zero-order chi connectivity index (χ0) is 9.41. The molecule has 0 amide bonds. The highest BCUT2D eigenvalue weighted by Gasteiger charge is 2.46. The first-order valence-electron chi connectivity index (χ1n) is 4.72. The van der Waals surface area contributed by atoms with E-state index >= 15 is 0 Å². The Morgan fingerprint density at radius 2 is 1.75 bits per heavy atom. The van der Waals surface area contributed by atoms with Gasteiger partial charge < -0.3 is 0 Å². The molecule has 1 saturated carbocycles. The van der Waals surface area contributed by atoms with Crippen LogP contribution >= 0.6 is 0 Å². The summed E-state index contributed by atoms with van der Waals surface area (Å²) in [6.07, 6.45) is 2.45. The standard InChI is InChI=1S/C10H18F2/c1-9(2,3)8-6-4-5-7-10(8,11)12/h8H,4-7H2,1-3H3. The third-order valence-corrected chi connectivity index (χ3v) is 2.81. The molecule has 1 fully saturated rings. The molecule has 0 nitrogen and oxygen atoms in total. The predicted molar refractivity (Wildman–Crippen MR) is 46.4 cm³/mol. The Morgan fingerprint density at radius 1 is 1.17 bits per heavy atom. The fourth-order valence-electron chi connectivity index (χ4n) is 2.16. The van der Waals surface area contributed by atoms with Gasteiger partial charge in [0.15, 0.2) is 0 Å². The maximum atomic E-state index is 13.4. The van der Waals surface area contributed by atoms with Gasteiger partial charge in [-0.2, -0.15) is 0 Å². The zero-order valence-electron chi connectivity index (χ0n) is 8.16. The molecular weight excluding hydrogens is 158 g/mol. The molecule has 72 valence electrons. The normalized spacial score (nSPS) is 30.2. The number of rotatable bonds is 0. The van der Waals surface area contributed by atoms with Gasteiger partial charge in [0.2, 0.25) is 0 Å². The molecule has 1 rings (SSSR count). The predicted octanol–water partition coefficient (Wildman–Crippen LogP) is 3.86. The molecule has 0 heterocycles. The molecule has 1 aliphatic rings.